The van der Waals surface area contributed by atoms with E-state index in [1.54, 1.807) is 12.4 Å². The van der Waals surface area contributed by atoms with Crippen molar-refractivity contribution in [2.24, 2.45) is 5.73 Å². The molecule has 0 fully saturated rings. The van der Waals surface area contributed by atoms with Gasteiger partial charge < -0.3 is 5.73 Å². The van der Waals surface area contributed by atoms with Crippen molar-refractivity contribution in [3.63, 3.8) is 0 Å². The maximum Gasteiger partial charge on any atom is 0.138 e. The molecule has 0 saturated carbocycles. The molecule has 0 saturated heterocycles. The summed E-state index contributed by atoms with van der Waals surface area (Å²) in [6, 6.07) is 3.94. The topological polar surface area (TPSA) is 56.7 Å². The molecule has 2 aromatic heterocycles. The van der Waals surface area contributed by atoms with E-state index in [2.05, 4.69) is 9.97 Å². The van der Waals surface area contributed by atoms with Crippen molar-refractivity contribution >= 4 is 0 Å². The minimum atomic E-state index is 0.0237. The molecular weight excluding hydrogens is 188 g/mol. The molecule has 0 aromatic carbocycles. The highest BCUT2D eigenvalue weighted by Crippen LogP contribution is 2.13. The lowest BCUT2D eigenvalue weighted by atomic mass is 10.1. The number of nitrogens with zero attached hydrogens (tertiary/aromatic N) is 3. The Morgan fingerprint density at radius 1 is 1.33 bits per heavy atom. The molecule has 0 aliphatic carbocycles. The van der Waals surface area contributed by atoms with Gasteiger partial charge in [0.15, 0.2) is 0 Å². The monoisotopic (exact) mass is 202 g/mol. The molecule has 0 aliphatic rings. The van der Waals surface area contributed by atoms with E-state index in [0.717, 1.165) is 17.2 Å². The number of hydrogen-bond donors (Lipinski definition) is 1. The maximum atomic E-state index is 5.82. The van der Waals surface area contributed by atoms with Crippen LogP contribution in [-0.4, -0.2) is 14.5 Å². The van der Waals surface area contributed by atoms with E-state index in [9.17, 15) is 0 Å². The first kappa shape index (κ1) is 9.86. The highest BCUT2D eigenvalue weighted by molar-refractivity contribution is 5.30. The zero-order chi connectivity index (χ0) is 10.8. The Morgan fingerprint density at radius 3 is 2.73 bits per heavy atom. The van der Waals surface area contributed by atoms with E-state index < -0.39 is 0 Å². The number of aryl methyl sites for hydroxylation is 1. The number of hydrogen-bond acceptors (Lipinski definition) is 3. The first-order valence-electron chi connectivity index (χ1n) is 4.90. The number of rotatable bonds is 2. The Bertz CT molecular complexity index is 459. The molecule has 0 bridgehead atoms. The molecular formula is C11H14N4. The van der Waals surface area contributed by atoms with Crippen LogP contribution in [0.15, 0.2) is 30.7 Å². The molecule has 2 rings (SSSR count). The molecule has 4 nitrogen and oxygen atoms in total. The quantitative estimate of drug-likeness (QED) is 0.804. The second-order valence-corrected chi connectivity index (χ2v) is 3.58. The third kappa shape index (κ3) is 1.89. The molecule has 4 heteroatoms. The smallest absolute Gasteiger partial charge is 0.138 e. The van der Waals surface area contributed by atoms with Crippen LogP contribution in [-0.2, 0) is 0 Å². The van der Waals surface area contributed by atoms with E-state index in [4.69, 9.17) is 5.73 Å². The van der Waals surface area contributed by atoms with Gasteiger partial charge in [-0.25, -0.2) is 9.97 Å². The lowest BCUT2D eigenvalue weighted by molar-refractivity contribution is 0.808. The van der Waals surface area contributed by atoms with Gasteiger partial charge in [0.1, 0.15) is 11.6 Å². The summed E-state index contributed by atoms with van der Waals surface area (Å²) >= 11 is 0. The van der Waals surface area contributed by atoms with Crippen molar-refractivity contribution in [1.82, 2.24) is 14.5 Å². The van der Waals surface area contributed by atoms with E-state index in [1.165, 1.54) is 0 Å². The summed E-state index contributed by atoms with van der Waals surface area (Å²) < 4.78 is 1.94. The Morgan fingerprint density at radius 2 is 2.13 bits per heavy atom. The average molecular weight is 202 g/mol. The predicted molar refractivity (Wildman–Crippen MR) is 58.7 cm³/mol. The van der Waals surface area contributed by atoms with Gasteiger partial charge in [0, 0.05) is 24.6 Å². The van der Waals surface area contributed by atoms with Crippen LogP contribution in [0.5, 0.6) is 0 Å². The third-order valence-electron chi connectivity index (χ3n) is 2.37. The fraction of sp³-hybridized carbons (Fsp3) is 0.273. The maximum absolute atomic E-state index is 5.82. The molecule has 15 heavy (non-hydrogen) atoms. The standard InChI is InChI=1S/C11H14N4/c1-8(12)10-3-4-14-11(7-10)15-6-5-13-9(15)2/h3-8H,12H2,1-2H3. The summed E-state index contributed by atoms with van der Waals surface area (Å²) in [6.45, 7) is 3.90. The van der Waals surface area contributed by atoms with E-state index in [-0.39, 0.29) is 6.04 Å². The molecule has 0 amide bonds. The van der Waals surface area contributed by atoms with Gasteiger partial charge in [-0.2, -0.15) is 0 Å². The van der Waals surface area contributed by atoms with Crippen molar-refractivity contribution in [2.45, 2.75) is 19.9 Å². The molecule has 0 spiro atoms. The molecule has 0 aliphatic heterocycles. The molecule has 1 unspecified atom stereocenters. The first-order valence-corrected chi connectivity index (χ1v) is 4.90. The summed E-state index contributed by atoms with van der Waals surface area (Å²) in [4.78, 5) is 8.45. The normalized spacial score (nSPS) is 12.7. The van der Waals surface area contributed by atoms with Gasteiger partial charge in [0.25, 0.3) is 0 Å². The van der Waals surface area contributed by atoms with Crippen LogP contribution in [0.25, 0.3) is 5.82 Å². The molecule has 1 atom stereocenters. The summed E-state index contributed by atoms with van der Waals surface area (Å²) in [5.41, 5.74) is 6.90. The van der Waals surface area contributed by atoms with Gasteiger partial charge in [0.2, 0.25) is 0 Å². The van der Waals surface area contributed by atoms with Gasteiger partial charge in [-0.05, 0) is 31.5 Å². The Balaban J connectivity index is 2.46. The van der Waals surface area contributed by atoms with Crippen molar-refractivity contribution in [2.75, 3.05) is 0 Å². The summed E-state index contributed by atoms with van der Waals surface area (Å²) in [5.74, 6) is 1.78. The molecule has 2 heterocycles. The number of imidazole rings is 1. The Kier molecular flexibility index (Phi) is 2.51. The van der Waals surface area contributed by atoms with Crippen molar-refractivity contribution in [1.29, 1.82) is 0 Å². The van der Waals surface area contributed by atoms with Gasteiger partial charge in [-0.3, -0.25) is 4.57 Å². The van der Waals surface area contributed by atoms with Crippen LogP contribution in [0, 0.1) is 6.92 Å². The van der Waals surface area contributed by atoms with Crippen LogP contribution >= 0.6 is 0 Å². The van der Waals surface area contributed by atoms with Gasteiger partial charge >= 0.3 is 0 Å². The second-order valence-electron chi connectivity index (χ2n) is 3.58. The fourth-order valence-corrected chi connectivity index (χ4v) is 1.47. The number of nitrogens with two attached hydrogens (primary N) is 1. The lowest BCUT2D eigenvalue weighted by Crippen LogP contribution is -2.07. The molecule has 2 aromatic rings. The van der Waals surface area contributed by atoms with Gasteiger partial charge in [-0.15, -0.1) is 0 Å². The summed E-state index contributed by atoms with van der Waals surface area (Å²) in [6.07, 6.45) is 5.42. The summed E-state index contributed by atoms with van der Waals surface area (Å²) in [5, 5.41) is 0. The lowest BCUT2D eigenvalue weighted by Gasteiger charge is -2.08. The third-order valence-corrected chi connectivity index (χ3v) is 2.37. The van der Waals surface area contributed by atoms with E-state index in [1.807, 2.05) is 36.7 Å². The summed E-state index contributed by atoms with van der Waals surface area (Å²) in [7, 11) is 0. The van der Waals surface area contributed by atoms with Crippen molar-refractivity contribution < 1.29 is 0 Å². The molecule has 2 N–H and O–H groups in total. The first-order chi connectivity index (χ1) is 7.18. The van der Waals surface area contributed by atoms with Crippen molar-refractivity contribution in [3.8, 4) is 5.82 Å². The van der Waals surface area contributed by atoms with Crippen LogP contribution in [0.1, 0.15) is 24.4 Å². The van der Waals surface area contributed by atoms with Crippen LogP contribution in [0.2, 0.25) is 0 Å². The van der Waals surface area contributed by atoms with E-state index in [0.29, 0.717) is 0 Å². The van der Waals surface area contributed by atoms with Gasteiger partial charge in [-0.1, -0.05) is 0 Å². The van der Waals surface area contributed by atoms with Crippen LogP contribution in [0.4, 0.5) is 0 Å². The number of pyridine rings is 1. The zero-order valence-corrected chi connectivity index (χ0v) is 8.88. The highest BCUT2D eigenvalue weighted by atomic mass is 15.1. The zero-order valence-electron chi connectivity index (χ0n) is 8.88. The second kappa shape index (κ2) is 3.82. The average Bonchev–Trinajstić information content (AvgIpc) is 2.64. The van der Waals surface area contributed by atoms with Crippen LogP contribution in [0.3, 0.4) is 0 Å². The number of aromatic nitrogens is 3. The van der Waals surface area contributed by atoms with E-state index >= 15 is 0 Å². The predicted octanol–water partition coefficient (Wildman–Crippen LogP) is 1.60. The SMILES string of the molecule is Cc1nccn1-c1cc(C(C)N)ccn1. The fourth-order valence-electron chi connectivity index (χ4n) is 1.47. The minimum Gasteiger partial charge on any atom is -0.324 e. The molecule has 78 valence electrons. The minimum absolute atomic E-state index is 0.0237. The Hall–Kier alpha value is -1.68. The van der Waals surface area contributed by atoms with Gasteiger partial charge in [0.05, 0.1) is 0 Å². The Labute approximate surface area is 88.8 Å². The van der Waals surface area contributed by atoms with Crippen LogP contribution < -0.4 is 5.73 Å². The highest BCUT2D eigenvalue weighted by Gasteiger charge is 2.04. The largest absolute Gasteiger partial charge is 0.324 e. The molecule has 0 radical (unpaired) electrons. The van der Waals surface area contributed by atoms with Crippen molar-refractivity contribution in [3.05, 3.63) is 42.1 Å².